The van der Waals surface area contributed by atoms with Gasteiger partial charge in [0.1, 0.15) is 0 Å². The van der Waals surface area contributed by atoms with Crippen molar-refractivity contribution in [1.82, 2.24) is 5.32 Å². The lowest BCUT2D eigenvalue weighted by molar-refractivity contribution is -0.130. The van der Waals surface area contributed by atoms with Crippen LogP contribution in [0.5, 0.6) is 0 Å². The molecule has 1 fully saturated rings. The first-order chi connectivity index (χ1) is 7.26. The van der Waals surface area contributed by atoms with Gasteiger partial charge in [-0.15, -0.1) is 0 Å². The van der Waals surface area contributed by atoms with E-state index in [2.05, 4.69) is 26.1 Å². The Hall–Kier alpha value is -0.570. The molecule has 0 aromatic heterocycles. The molecule has 3 heteroatoms. The highest BCUT2D eigenvalue weighted by Crippen LogP contribution is 2.36. The Balaban J connectivity index is 2.41. The van der Waals surface area contributed by atoms with Crippen LogP contribution in [-0.4, -0.2) is 18.5 Å². The van der Waals surface area contributed by atoms with Gasteiger partial charge in [0.05, 0.1) is 5.41 Å². The van der Waals surface area contributed by atoms with Gasteiger partial charge in [0, 0.05) is 12.6 Å². The van der Waals surface area contributed by atoms with Gasteiger partial charge in [-0.1, -0.05) is 27.2 Å². The van der Waals surface area contributed by atoms with Gasteiger partial charge >= 0.3 is 0 Å². The third-order valence-electron chi connectivity index (χ3n) is 3.71. The van der Waals surface area contributed by atoms with Crippen molar-refractivity contribution < 1.29 is 4.79 Å². The Morgan fingerprint density at radius 1 is 1.50 bits per heavy atom. The summed E-state index contributed by atoms with van der Waals surface area (Å²) in [6.07, 6.45) is 3.98. The number of nitrogens with one attached hydrogen (secondary N) is 1. The number of nitrogens with two attached hydrogens (primary N) is 1. The van der Waals surface area contributed by atoms with E-state index in [4.69, 9.17) is 5.73 Å². The van der Waals surface area contributed by atoms with E-state index in [1.807, 2.05) is 6.92 Å². The normalized spacial score (nSPS) is 30.4. The number of hydrogen-bond acceptors (Lipinski definition) is 2. The van der Waals surface area contributed by atoms with Crippen molar-refractivity contribution in [1.29, 1.82) is 0 Å². The molecule has 1 rings (SSSR count). The zero-order chi connectivity index (χ0) is 12.4. The van der Waals surface area contributed by atoms with Gasteiger partial charge in [0.15, 0.2) is 0 Å². The highest BCUT2D eigenvalue weighted by Gasteiger charge is 2.42. The van der Waals surface area contributed by atoms with Gasteiger partial charge in [-0.2, -0.15) is 0 Å². The summed E-state index contributed by atoms with van der Waals surface area (Å²) in [5.74, 6) is 0.141. The second-order valence-corrected chi connectivity index (χ2v) is 6.48. The molecule has 0 aromatic carbocycles. The predicted octanol–water partition coefficient (Wildman–Crippen LogP) is 2.06. The fourth-order valence-corrected chi connectivity index (χ4v) is 2.23. The van der Waals surface area contributed by atoms with Crippen molar-refractivity contribution in [3.63, 3.8) is 0 Å². The van der Waals surface area contributed by atoms with Crippen molar-refractivity contribution >= 4 is 5.91 Å². The molecule has 1 amide bonds. The number of rotatable bonds is 3. The fraction of sp³-hybridized carbons (Fsp3) is 0.923. The van der Waals surface area contributed by atoms with Crippen LogP contribution in [0, 0.1) is 10.8 Å². The first-order valence-corrected chi connectivity index (χ1v) is 6.30. The van der Waals surface area contributed by atoms with Crippen LogP contribution >= 0.6 is 0 Å². The van der Waals surface area contributed by atoms with Crippen LogP contribution in [0.3, 0.4) is 0 Å². The first-order valence-electron chi connectivity index (χ1n) is 6.30. The molecule has 16 heavy (non-hydrogen) atoms. The van der Waals surface area contributed by atoms with Crippen LogP contribution in [-0.2, 0) is 4.79 Å². The third-order valence-corrected chi connectivity index (χ3v) is 3.71. The molecule has 1 aliphatic rings. The minimum Gasteiger partial charge on any atom is -0.356 e. The number of carbonyl (C=O) groups excluding carboxylic acids is 1. The molecule has 0 spiro atoms. The van der Waals surface area contributed by atoms with Crippen LogP contribution in [0.2, 0.25) is 0 Å². The van der Waals surface area contributed by atoms with E-state index < -0.39 is 0 Å². The Bertz CT molecular complexity index is 257. The molecule has 1 aliphatic carbocycles. The summed E-state index contributed by atoms with van der Waals surface area (Å²) in [6.45, 7) is 9.30. The van der Waals surface area contributed by atoms with Gasteiger partial charge < -0.3 is 11.1 Å². The van der Waals surface area contributed by atoms with E-state index in [1.165, 1.54) is 0 Å². The van der Waals surface area contributed by atoms with Crippen LogP contribution in [0.25, 0.3) is 0 Å². The molecule has 1 saturated carbocycles. The minimum atomic E-state index is -0.335. The smallest absolute Gasteiger partial charge is 0.227 e. The topological polar surface area (TPSA) is 55.1 Å². The van der Waals surface area contributed by atoms with Gasteiger partial charge in [0.2, 0.25) is 5.91 Å². The van der Waals surface area contributed by atoms with E-state index in [-0.39, 0.29) is 22.8 Å². The second kappa shape index (κ2) is 4.74. The number of hydrogen-bond donors (Lipinski definition) is 2. The lowest BCUT2D eigenvalue weighted by atomic mass is 9.84. The molecule has 0 aliphatic heterocycles. The molecule has 0 bridgehead atoms. The lowest BCUT2D eigenvalue weighted by Crippen LogP contribution is -2.47. The van der Waals surface area contributed by atoms with Crippen LogP contribution in [0.1, 0.15) is 53.4 Å². The van der Waals surface area contributed by atoms with Gasteiger partial charge in [-0.3, -0.25) is 4.79 Å². The standard InChI is InChI=1S/C13H26N2O/c1-12(2,3)8-9-15-11(16)13(4)7-5-6-10(13)14/h10H,5-9,14H2,1-4H3,(H,15,16). The summed E-state index contributed by atoms with van der Waals surface area (Å²) < 4.78 is 0. The largest absolute Gasteiger partial charge is 0.356 e. The lowest BCUT2D eigenvalue weighted by Gasteiger charge is -2.28. The quantitative estimate of drug-likeness (QED) is 0.774. The molecule has 0 heterocycles. The SMILES string of the molecule is CC(C)(C)CCNC(=O)C1(C)CCCC1N. The molecule has 0 radical (unpaired) electrons. The zero-order valence-electron chi connectivity index (χ0n) is 11.1. The van der Waals surface area contributed by atoms with Crippen LogP contribution < -0.4 is 11.1 Å². The predicted molar refractivity (Wildman–Crippen MR) is 67.0 cm³/mol. The average Bonchev–Trinajstić information content (AvgIpc) is 2.46. The van der Waals surface area contributed by atoms with Gasteiger partial charge in [-0.25, -0.2) is 0 Å². The van der Waals surface area contributed by atoms with Gasteiger partial charge in [-0.05, 0) is 31.6 Å². The maximum Gasteiger partial charge on any atom is 0.227 e. The molecule has 3 N–H and O–H groups in total. The van der Waals surface area contributed by atoms with Crippen molar-refractivity contribution in [3.8, 4) is 0 Å². The van der Waals surface area contributed by atoms with Gasteiger partial charge in [0.25, 0.3) is 0 Å². The summed E-state index contributed by atoms with van der Waals surface area (Å²) in [5.41, 5.74) is 5.95. The number of carbonyl (C=O) groups is 1. The summed E-state index contributed by atoms with van der Waals surface area (Å²) in [5, 5.41) is 3.03. The molecule has 0 saturated heterocycles. The maximum absolute atomic E-state index is 12.1. The van der Waals surface area contributed by atoms with E-state index in [9.17, 15) is 4.79 Å². The molecule has 2 atom stereocenters. The average molecular weight is 226 g/mol. The van der Waals surface area contributed by atoms with E-state index in [1.54, 1.807) is 0 Å². The number of amides is 1. The molecule has 0 aromatic rings. The van der Waals surface area contributed by atoms with Crippen molar-refractivity contribution in [3.05, 3.63) is 0 Å². The monoisotopic (exact) mass is 226 g/mol. The molecule has 3 nitrogen and oxygen atoms in total. The molecule has 94 valence electrons. The Kier molecular flexibility index (Phi) is 4.00. The Morgan fingerprint density at radius 2 is 2.12 bits per heavy atom. The maximum atomic E-state index is 12.1. The van der Waals surface area contributed by atoms with Crippen molar-refractivity contribution in [2.75, 3.05) is 6.54 Å². The first kappa shape index (κ1) is 13.5. The van der Waals surface area contributed by atoms with Crippen LogP contribution in [0.4, 0.5) is 0 Å². The summed E-state index contributed by atoms with van der Waals surface area (Å²) in [6, 6.07) is 0.0298. The zero-order valence-corrected chi connectivity index (χ0v) is 11.1. The van der Waals surface area contributed by atoms with Crippen molar-refractivity contribution in [2.45, 2.75) is 59.4 Å². The van der Waals surface area contributed by atoms with E-state index >= 15 is 0 Å². The van der Waals surface area contributed by atoms with Crippen molar-refractivity contribution in [2.24, 2.45) is 16.6 Å². The summed E-state index contributed by atoms with van der Waals surface area (Å²) in [4.78, 5) is 12.1. The summed E-state index contributed by atoms with van der Waals surface area (Å²) >= 11 is 0. The Labute approximate surface area is 99.2 Å². The second-order valence-electron chi connectivity index (χ2n) is 6.48. The highest BCUT2D eigenvalue weighted by molar-refractivity contribution is 5.83. The molecular weight excluding hydrogens is 200 g/mol. The minimum absolute atomic E-state index is 0.0298. The third kappa shape index (κ3) is 3.21. The summed E-state index contributed by atoms with van der Waals surface area (Å²) in [7, 11) is 0. The molecule has 2 unspecified atom stereocenters. The van der Waals surface area contributed by atoms with E-state index in [0.29, 0.717) is 0 Å². The molecular formula is C13H26N2O. The fourth-order valence-electron chi connectivity index (χ4n) is 2.23. The highest BCUT2D eigenvalue weighted by atomic mass is 16.2. The van der Waals surface area contributed by atoms with E-state index in [0.717, 1.165) is 32.2 Å². The van der Waals surface area contributed by atoms with Crippen LogP contribution in [0.15, 0.2) is 0 Å². The Morgan fingerprint density at radius 3 is 2.56 bits per heavy atom.